The van der Waals surface area contributed by atoms with E-state index < -0.39 is 0 Å². The van der Waals surface area contributed by atoms with Crippen LogP contribution in [0.25, 0.3) is 0 Å². The first-order valence-corrected chi connectivity index (χ1v) is 7.30. The van der Waals surface area contributed by atoms with Crippen LogP contribution in [0, 0.1) is 0 Å². The summed E-state index contributed by atoms with van der Waals surface area (Å²) in [6.07, 6.45) is 0. The van der Waals surface area contributed by atoms with E-state index in [0.29, 0.717) is 52.9 Å². The number of halogens is 1. The third-order valence-corrected chi connectivity index (χ3v) is 2.21. The highest BCUT2D eigenvalue weighted by Gasteiger charge is 1.92. The predicted octanol–water partition coefficient (Wildman–Crippen LogP) is 1.13. The lowest BCUT2D eigenvalue weighted by Gasteiger charge is -2.06. The van der Waals surface area contributed by atoms with Crippen LogP contribution < -0.4 is 0 Å². The average Bonchev–Trinajstić information content (AvgIpc) is 2.35. The summed E-state index contributed by atoms with van der Waals surface area (Å²) in [4.78, 5) is 0. The Kier molecular flexibility index (Phi) is 17.0. The third-order valence-electron chi connectivity index (χ3n) is 1.77. The van der Waals surface area contributed by atoms with E-state index in [1.807, 2.05) is 0 Å². The van der Waals surface area contributed by atoms with Crippen LogP contribution >= 0.6 is 22.6 Å². The van der Waals surface area contributed by atoms with Crippen LogP contribution in [-0.2, 0) is 23.7 Å². The molecule has 0 spiro atoms. The first kappa shape index (κ1) is 17.5. The highest BCUT2D eigenvalue weighted by molar-refractivity contribution is 14.1. The number of methoxy groups -OCH3 is 1. The highest BCUT2D eigenvalue weighted by Crippen LogP contribution is 1.85. The number of hydrogen-bond donors (Lipinski definition) is 0. The van der Waals surface area contributed by atoms with E-state index >= 15 is 0 Å². The summed E-state index contributed by atoms with van der Waals surface area (Å²) in [6, 6.07) is 0. The second kappa shape index (κ2) is 16.5. The number of rotatable bonds is 14. The van der Waals surface area contributed by atoms with Gasteiger partial charge in [0.2, 0.25) is 0 Å². The Morgan fingerprint density at radius 1 is 0.588 bits per heavy atom. The summed E-state index contributed by atoms with van der Waals surface area (Å²) in [5, 5.41) is 0. The van der Waals surface area contributed by atoms with Crippen molar-refractivity contribution in [2.75, 3.05) is 71.0 Å². The minimum atomic E-state index is 0.596. The zero-order chi connectivity index (χ0) is 12.6. The topological polar surface area (TPSA) is 46.2 Å². The van der Waals surface area contributed by atoms with Gasteiger partial charge < -0.3 is 23.7 Å². The second-order valence-electron chi connectivity index (χ2n) is 3.13. The molecule has 0 bridgehead atoms. The van der Waals surface area contributed by atoms with Gasteiger partial charge in [0.05, 0.1) is 59.5 Å². The van der Waals surface area contributed by atoms with E-state index in [9.17, 15) is 0 Å². The molecule has 0 radical (unpaired) electrons. The molecule has 0 aromatic carbocycles. The summed E-state index contributed by atoms with van der Waals surface area (Å²) < 4.78 is 27.0. The minimum absolute atomic E-state index is 0.596. The van der Waals surface area contributed by atoms with Crippen LogP contribution in [0.3, 0.4) is 0 Å². The zero-order valence-corrected chi connectivity index (χ0v) is 12.6. The minimum Gasteiger partial charge on any atom is -0.382 e. The van der Waals surface area contributed by atoms with Crippen molar-refractivity contribution in [1.82, 2.24) is 0 Å². The maximum absolute atomic E-state index is 5.31. The van der Waals surface area contributed by atoms with Crippen molar-refractivity contribution in [3.05, 3.63) is 0 Å². The maximum Gasteiger partial charge on any atom is 0.0701 e. The summed E-state index contributed by atoms with van der Waals surface area (Å²) in [6.45, 7) is 5.71. The van der Waals surface area contributed by atoms with Gasteiger partial charge in [-0.1, -0.05) is 22.6 Å². The Hall–Kier alpha value is 0.530. The molecule has 0 amide bonds. The van der Waals surface area contributed by atoms with Gasteiger partial charge in [0.25, 0.3) is 0 Å². The van der Waals surface area contributed by atoms with Crippen molar-refractivity contribution >= 4 is 22.6 Å². The molecular weight excluding hydrogens is 339 g/mol. The first-order chi connectivity index (χ1) is 8.41. The van der Waals surface area contributed by atoms with Crippen LogP contribution in [0.15, 0.2) is 0 Å². The Labute approximate surface area is 117 Å². The number of hydrogen-bond acceptors (Lipinski definition) is 5. The van der Waals surface area contributed by atoms with E-state index in [2.05, 4.69) is 22.6 Å². The van der Waals surface area contributed by atoms with Gasteiger partial charge in [0.15, 0.2) is 0 Å². The van der Waals surface area contributed by atoms with Gasteiger partial charge in [-0.25, -0.2) is 0 Å². The van der Waals surface area contributed by atoms with Gasteiger partial charge in [0.1, 0.15) is 0 Å². The quantitative estimate of drug-likeness (QED) is 0.263. The second-order valence-corrected chi connectivity index (χ2v) is 4.21. The molecule has 104 valence electrons. The predicted molar refractivity (Wildman–Crippen MR) is 74.0 cm³/mol. The van der Waals surface area contributed by atoms with Gasteiger partial charge in [0, 0.05) is 11.5 Å². The fourth-order valence-corrected chi connectivity index (χ4v) is 1.27. The molecule has 0 atom stereocenters. The lowest BCUT2D eigenvalue weighted by atomic mass is 10.7. The van der Waals surface area contributed by atoms with Crippen molar-refractivity contribution in [1.29, 1.82) is 0 Å². The van der Waals surface area contributed by atoms with Gasteiger partial charge in [-0.2, -0.15) is 0 Å². The molecule has 0 aliphatic heterocycles. The van der Waals surface area contributed by atoms with Crippen molar-refractivity contribution in [3.63, 3.8) is 0 Å². The normalized spacial score (nSPS) is 10.9. The van der Waals surface area contributed by atoms with Crippen LogP contribution in [0.4, 0.5) is 0 Å². The monoisotopic (exact) mass is 362 g/mol. The fraction of sp³-hybridized carbons (Fsp3) is 1.00. The number of alkyl halides is 1. The molecule has 0 aromatic rings. The zero-order valence-electron chi connectivity index (χ0n) is 10.5. The fourth-order valence-electron chi connectivity index (χ4n) is 0.959. The lowest BCUT2D eigenvalue weighted by molar-refractivity contribution is -0.00650. The molecule has 0 N–H and O–H groups in total. The number of ether oxygens (including phenoxy) is 5. The van der Waals surface area contributed by atoms with Crippen molar-refractivity contribution in [3.8, 4) is 0 Å². The van der Waals surface area contributed by atoms with Gasteiger partial charge >= 0.3 is 0 Å². The highest BCUT2D eigenvalue weighted by atomic mass is 127. The molecule has 0 heterocycles. The van der Waals surface area contributed by atoms with E-state index in [1.165, 1.54) is 0 Å². The molecule has 0 rings (SSSR count). The van der Waals surface area contributed by atoms with E-state index in [-0.39, 0.29) is 0 Å². The van der Waals surface area contributed by atoms with Crippen molar-refractivity contribution in [2.45, 2.75) is 0 Å². The molecule has 0 saturated carbocycles. The van der Waals surface area contributed by atoms with Crippen LogP contribution in [0.5, 0.6) is 0 Å². The van der Waals surface area contributed by atoms with E-state index in [1.54, 1.807) is 7.11 Å². The molecule has 17 heavy (non-hydrogen) atoms. The van der Waals surface area contributed by atoms with Gasteiger partial charge in [-0.3, -0.25) is 0 Å². The molecule has 0 fully saturated rings. The summed E-state index contributed by atoms with van der Waals surface area (Å²) >= 11 is 2.28. The summed E-state index contributed by atoms with van der Waals surface area (Å²) in [7, 11) is 1.65. The van der Waals surface area contributed by atoms with E-state index in [0.717, 1.165) is 11.0 Å². The Morgan fingerprint density at radius 2 is 0.941 bits per heavy atom. The molecule has 0 aliphatic rings. The molecule has 0 unspecified atom stereocenters. The van der Waals surface area contributed by atoms with E-state index in [4.69, 9.17) is 23.7 Å². The first-order valence-electron chi connectivity index (χ1n) is 5.77. The maximum atomic E-state index is 5.31. The lowest BCUT2D eigenvalue weighted by Crippen LogP contribution is -2.13. The Balaban J connectivity index is 2.85. The average molecular weight is 362 g/mol. The third kappa shape index (κ3) is 16.5. The Bertz CT molecular complexity index is 123. The van der Waals surface area contributed by atoms with Crippen LogP contribution in [0.2, 0.25) is 0 Å². The summed E-state index contributed by atoms with van der Waals surface area (Å²) in [5.74, 6) is 0. The smallest absolute Gasteiger partial charge is 0.0701 e. The standard InChI is InChI=1S/C11H23IO5/c1-13-4-5-15-8-9-17-11-10-16-7-6-14-3-2-12/h2-11H2,1H3. The van der Waals surface area contributed by atoms with Crippen LogP contribution in [-0.4, -0.2) is 71.0 Å². The van der Waals surface area contributed by atoms with Crippen LogP contribution in [0.1, 0.15) is 0 Å². The molecular formula is C11H23IO5. The van der Waals surface area contributed by atoms with Gasteiger partial charge in [-0.05, 0) is 0 Å². The molecule has 0 saturated heterocycles. The summed E-state index contributed by atoms with van der Waals surface area (Å²) in [5.41, 5.74) is 0. The van der Waals surface area contributed by atoms with Gasteiger partial charge in [-0.15, -0.1) is 0 Å². The molecule has 6 heteroatoms. The largest absolute Gasteiger partial charge is 0.382 e. The SMILES string of the molecule is COCCOCCOCCOCCOCCI. The van der Waals surface area contributed by atoms with Crippen molar-refractivity contribution in [2.24, 2.45) is 0 Å². The van der Waals surface area contributed by atoms with Crippen molar-refractivity contribution < 1.29 is 23.7 Å². The molecule has 0 aliphatic carbocycles. The molecule has 5 nitrogen and oxygen atoms in total. The Morgan fingerprint density at radius 3 is 1.29 bits per heavy atom. The molecule has 0 aromatic heterocycles.